The summed E-state index contributed by atoms with van der Waals surface area (Å²) in [5.41, 5.74) is 1.51. The van der Waals surface area contributed by atoms with Crippen LogP contribution in [0.15, 0.2) is 48.5 Å². The van der Waals surface area contributed by atoms with Gasteiger partial charge >= 0.3 is 0 Å². The Balaban J connectivity index is 1.58. The van der Waals surface area contributed by atoms with Crippen LogP contribution in [0.4, 0.5) is 4.39 Å². The molecule has 3 rings (SSSR count). The van der Waals surface area contributed by atoms with Crippen molar-refractivity contribution in [1.29, 1.82) is 0 Å². The molecule has 0 spiro atoms. The fourth-order valence-electron chi connectivity index (χ4n) is 2.31. The number of halogens is 1. The van der Waals surface area contributed by atoms with Crippen molar-refractivity contribution in [3.8, 4) is 10.9 Å². The molecule has 0 aliphatic carbocycles. The van der Waals surface area contributed by atoms with E-state index in [0.717, 1.165) is 17.1 Å². The van der Waals surface area contributed by atoms with Crippen LogP contribution in [0.2, 0.25) is 0 Å². The van der Waals surface area contributed by atoms with Gasteiger partial charge in [0.1, 0.15) is 11.6 Å². The number of hydrogen-bond donors (Lipinski definition) is 1. The third-order valence-electron chi connectivity index (χ3n) is 3.72. The Morgan fingerprint density at radius 2 is 1.85 bits per heavy atom. The molecular formula is C20H20FN3O2S. The van der Waals surface area contributed by atoms with Crippen LogP contribution >= 0.6 is 11.5 Å². The summed E-state index contributed by atoms with van der Waals surface area (Å²) in [6.07, 6.45) is 0.509. The second kappa shape index (κ2) is 8.73. The highest BCUT2D eigenvalue weighted by Crippen LogP contribution is 2.24. The first-order chi connectivity index (χ1) is 13.0. The molecule has 0 unspecified atom stereocenters. The van der Waals surface area contributed by atoms with Crippen LogP contribution in [0.3, 0.4) is 0 Å². The molecule has 3 aromatic rings. The summed E-state index contributed by atoms with van der Waals surface area (Å²) in [7, 11) is 0. The normalized spacial score (nSPS) is 10.8. The van der Waals surface area contributed by atoms with Crippen LogP contribution < -0.4 is 10.1 Å². The molecule has 1 amide bonds. The fraction of sp³-hybridized carbons (Fsp3) is 0.250. The van der Waals surface area contributed by atoms with E-state index in [1.165, 1.54) is 12.1 Å². The van der Waals surface area contributed by atoms with Crippen molar-refractivity contribution < 1.29 is 13.9 Å². The average molecular weight is 385 g/mol. The van der Waals surface area contributed by atoms with Crippen molar-refractivity contribution >= 4 is 17.4 Å². The largest absolute Gasteiger partial charge is 0.430 e. The molecule has 0 saturated carbocycles. The second-order valence-electron chi connectivity index (χ2n) is 6.51. The number of amides is 1. The number of nitrogens with one attached hydrogen (secondary N) is 1. The number of carbonyl (C=O) groups excluding carboxylic acids is 1. The van der Waals surface area contributed by atoms with Crippen LogP contribution in [0.25, 0.3) is 0 Å². The number of hydrogen-bond acceptors (Lipinski definition) is 5. The van der Waals surface area contributed by atoms with E-state index in [2.05, 4.69) is 14.7 Å². The van der Waals surface area contributed by atoms with E-state index in [1.807, 2.05) is 13.8 Å². The zero-order valence-corrected chi connectivity index (χ0v) is 15.9. The van der Waals surface area contributed by atoms with Gasteiger partial charge < -0.3 is 10.1 Å². The Kier molecular flexibility index (Phi) is 6.13. The van der Waals surface area contributed by atoms with Gasteiger partial charge in [-0.05, 0) is 47.9 Å². The van der Waals surface area contributed by atoms with Crippen molar-refractivity contribution in [3.63, 3.8) is 0 Å². The van der Waals surface area contributed by atoms with Crippen LogP contribution in [-0.4, -0.2) is 21.8 Å². The maximum absolute atomic E-state index is 13.0. The maximum Gasteiger partial charge on any atom is 0.298 e. The Bertz CT molecular complexity index is 892. The van der Waals surface area contributed by atoms with Gasteiger partial charge in [-0.25, -0.2) is 4.39 Å². The van der Waals surface area contributed by atoms with Crippen LogP contribution in [0.5, 0.6) is 10.9 Å². The van der Waals surface area contributed by atoms with E-state index in [1.54, 1.807) is 36.4 Å². The minimum Gasteiger partial charge on any atom is -0.430 e. The second-order valence-corrected chi connectivity index (χ2v) is 7.22. The molecule has 27 heavy (non-hydrogen) atoms. The van der Waals surface area contributed by atoms with Gasteiger partial charge in [0.25, 0.3) is 11.1 Å². The molecule has 140 valence electrons. The Morgan fingerprint density at radius 1 is 1.15 bits per heavy atom. The van der Waals surface area contributed by atoms with Crippen LogP contribution in [-0.2, 0) is 6.42 Å². The molecule has 0 bridgehead atoms. The van der Waals surface area contributed by atoms with E-state index in [0.29, 0.717) is 41.2 Å². The zero-order chi connectivity index (χ0) is 19.2. The summed E-state index contributed by atoms with van der Waals surface area (Å²) in [4.78, 5) is 16.4. The molecule has 0 saturated heterocycles. The van der Waals surface area contributed by atoms with Crippen LogP contribution in [0.1, 0.15) is 35.6 Å². The fourth-order valence-corrected chi connectivity index (χ4v) is 2.88. The minimum atomic E-state index is -0.268. The van der Waals surface area contributed by atoms with E-state index in [4.69, 9.17) is 4.74 Å². The highest BCUT2D eigenvalue weighted by molar-refractivity contribution is 7.07. The van der Waals surface area contributed by atoms with Crippen molar-refractivity contribution in [3.05, 3.63) is 71.3 Å². The third kappa shape index (κ3) is 5.59. The van der Waals surface area contributed by atoms with E-state index >= 15 is 0 Å². The van der Waals surface area contributed by atoms with E-state index < -0.39 is 0 Å². The Hall–Kier alpha value is -2.80. The van der Waals surface area contributed by atoms with Crippen molar-refractivity contribution in [2.24, 2.45) is 5.92 Å². The number of carbonyl (C=O) groups is 1. The van der Waals surface area contributed by atoms with Gasteiger partial charge in [0.05, 0.1) is 0 Å². The molecule has 0 aliphatic rings. The quantitative estimate of drug-likeness (QED) is 0.653. The highest BCUT2D eigenvalue weighted by atomic mass is 32.1. The topological polar surface area (TPSA) is 64.1 Å². The summed E-state index contributed by atoms with van der Waals surface area (Å²) in [5.74, 6) is 1.23. The minimum absolute atomic E-state index is 0.104. The number of benzene rings is 2. The summed E-state index contributed by atoms with van der Waals surface area (Å²) < 4.78 is 22.9. The summed E-state index contributed by atoms with van der Waals surface area (Å²) in [6.45, 7) is 4.73. The Morgan fingerprint density at radius 3 is 2.52 bits per heavy atom. The summed E-state index contributed by atoms with van der Waals surface area (Å²) >= 11 is 1.15. The van der Waals surface area contributed by atoms with Gasteiger partial charge in [0.15, 0.2) is 5.82 Å². The van der Waals surface area contributed by atoms with Gasteiger partial charge in [0, 0.05) is 30.1 Å². The molecular weight excluding hydrogens is 365 g/mol. The zero-order valence-electron chi connectivity index (χ0n) is 15.1. The molecule has 0 fully saturated rings. The molecule has 7 heteroatoms. The predicted octanol–water partition coefficient (Wildman–Crippen LogP) is 4.45. The van der Waals surface area contributed by atoms with E-state index in [-0.39, 0.29) is 11.7 Å². The molecule has 2 aromatic carbocycles. The molecule has 0 atom stereocenters. The molecule has 0 aliphatic heterocycles. The van der Waals surface area contributed by atoms with E-state index in [9.17, 15) is 9.18 Å². The molecule has 1 N–H and O–H groups in total. The van der Waals surface area contributed by atoms with Crippen molar-refractivity contribution in [2.45, 2.75) is 20.3 Å². The first-order valence-electron chi connectivity index (χ1n) is 8.63. The lowest BCUT2D eigenvalue weighted by atomic mass is 10.1. The molecule has 0 radical (unpaired) electrons. The maximum atomic E-state index is 13.0. The van der Waals surface area contributed by atoms with Gasteiger partial charge in [-0.15, -0.1) is 0 Å². The van der Waals surface area contributed by atoms with Gasteiger partial charge in [0.2, 0.25) is 0 Å². The number of ether oxygens (including phenoxy) is 1. The SMILES string of the molecule is CC(C)CNC(=O)c1ccc(Oc2nc(Cc3ccc(F)cc3)ns2)cc1. The van der Waals surface area contributed by atoms with Gasteiger partial charge in [-0.1, -0.05) is 26.0 Å². The molecule has 1 heterocycles. The standard InChI is InChI=1S/C20H20FN3O2S/c1-13(2)12-22-19(25)15-5-9-17(10-6-15)26-20-23-18(24-27-20)11-14-3-7-16(21)8-4-14/h3-10,13H,11-12H2,1-2H3,(H,22,25). The lowest BCUT2D eigenvalue weighted by Crippen LogP contribution is -2.27. The van der Waals surface area contributed by atoms with Gasteiger partial charge in [-0.2, -0.15) is 9.36 Å². The van der Waals surface area contributed by atoms with Crippen molar-refractivity contribution in [2.75, 3.05) is 6.54 Å². The average Bonchev–Trinajstić information content (AvgIpc) is 3.09. The first kappa shape index (κ1) is 19.0. The van der Waals surface area contributed by atoms with Gasteiger partial charge in [-0.3, -0.25) is 4.79 Å². The lowest BCUT2D eigenvalue weighted by Gasteiger charge is -2.08. The monoisotopic (exact) mass is 385 g/mol. The summed E-state index contributed by atoms with van der Waals surface area (Å²) in [6, 6.07) is 13.1. The highest BCUT2D eigenvalue weighted by Gasteiger charge is 2.09. The molecule has 5 nitrogen and oxygen atoms in total. The smallest absolute Gasteiger partial charge is 0.298 e. The first-order valence-corrected chi connectivity index (χ1v) is 9.40. The summed E-state index contributed by atoms with van der Waals surface area (Å²) in [5, 5.41) is 3.29. The van der Waals surface area contributed by atoms with Crippen molar-refractivity contribution in [1.82, 2.24) is 14.7 Å². The van der Waals surface area contributed by atoms with Crippen LogP contribution in [0, 0.1) is 11.7 Å². The predicted molar refractivity (Wildman–Crippen MR) is 103 cm³/mol. The third-order valence-corrected chi connectivity index (χ3v) is 4.35. The Labute approximate surface area is 161 Å². The number of aromatic nitrogens is 2. The number of rotatable bonds is 7. The lowest BCUT2D eigenvalue weighted by molar-refractivity contribution is 0.0949. The number of nitrogens with zero attached hydrogens (tertiary/aromatic N) is 2. The molecule has 1 aromatic heterocycles.